The van der Waals surface area contributed by atoms with E-state index in [1.54, 1.807) is 22.0 Å². The van der Waals surface area contributed by atoms with Crippen LogP contribution in [0.5, 0.6) is 0 Å². The zero-order valence-electron chi connectivity index (χ0n) is 13.4. The quantitative estimate of drug-likeness (QED) is 0.920. The van der Waals surface area contributed by atoms with Crippen molar-refractivity contribution >= 4 is 5.91 Å². The summed E-state index contributed by atoms with van der Waals surface area (Å²) in [6.07, 6.45) is 5.16. The molecule has 6 nitrogen and oxygen atoms in total. The van der Waals surface area contributed by atoms with Gasteiger partial charge >= 0.3 is 0 Å². The van der Waals surface area contributed by atoms with Gasteiger partial charge in [-0.2, -0.15) is 0 Å². The Labute approximate surface area is 135 Å². The third-order valence-corrected chi connectivity index (χ3v) is 4.27. The predicted molar refractivity (Wildman–Crippen MR) is 85.7 cm³/mol. The number of aliphatic hydroxyl groups is 1. The van der Waals surface area contributed by atoms with E-state index in [1.165, 1.54) is 0 Å². The van der Waals surface area contributed by atoms with Crippen molar-refractivity contribution in [3.63, 3.8) is 0 Å². The zero-order chi connectivity index (χ0) is 16.3. The molecule has 1 unspecified atom stereocenters. The minimum Gasteiger partial charge on any atom is -0.386 e. The van der Waals surface area contributed by atoms with Crippen LogP contribution >= 0.6 is 0 Å². The number of rotatable bonds is 4. The van der Waals surface area contributed by atoms with Crippen LogP contribution in [0.25, 0.3) is 0 Å². The molecule has 1 amide bonds. The Kier molecular flexibility index (Phi) is 4.43. The number of aromatic nitrogens is 3. The first-order valence-corrected chi connectivity index (χ1v) is 7.94. The van der Waals surface area contributed by atoms with E-state index in [-0.39, 0.29) is 5.91 Å². The van der Waals surface area contributed by atoms with Crippen LogP contribution in [0, 0.1) is 6.92 Å². The van der Waals surface area contributed by atoms with Gasteiger partial charge in [0.15, 0.2) is 0 Å². The number of aryl methyl sites for hydroxylation is 1. The van der Waals surface area contributed by atoms with E-state index in [4.69, 9.17) is 0 Å². The van der Waals surface area contributed by atoms with Gasteiger partial charge in [0.25, 0.3) is 0 Å². The third-order valence-electron chi connectivity index (χ3n) is 4.27. The lowest BCUT2D eigenvalue weighted by Gasteiger charge is -2.39. The second-order valence-electron chi connectivity index (χ2n) is 6.41. The van der Waals surface area contributed by atoms with Gasteiger partial charge in [0.2, 0.25) is 5.91 Å². The Morgan fingerprint density at radius 3 is 3.04 bits per heavy atom. The summed E-state index contributed by atoms with van der Waals surface area (Å²) in [5.74, 6) is 0.0623. The molecule has 1 aromatic carbocycles. The number of carbonyl (C=O) groups excluding carboxylic acids is 1. The second kappa shape index (κ2) is 6.50. The number of piperidine rings is 1. The lowest BCUT2D eigenvalue weighted by atomic mass is 9.92. The monoisotopic (exact) mass is 314 g/mol. The van der Waals surface area contributed by atoms with Crippen molar-refractivity contribution in [3.8, 4) is 0 Å². The van der Waals surface area contributed by atoms with E-state index in [0.29, 0.717) is 32.5 Å². The molecule has 0 spiro atoms. The standard InChI is InChI=1S/C17H22N4O2/c1-14-4-2-5-15(10-14)11-16(22)20-8-3-6-17(23,12-20)13-21-9-7-18-19-21/h2,4-5,7,9-10,23H,3,6,8,11-13H2,1H3. The van der Waals surface area contributed by atoms with Gasteiger partial charge in [-0.1, -0.05) is 35.0 Å². The number of carbonyl (C=O) groups is 1. The van der Waals surface area contributed by atoms with Crippen LogP contribution in [0.3, 0.4) is 0 Å². The molecule has 1 aliphatic heterocycles. The van der Waals surface area contributed by atoms with Gasteiger partial charge in [-0.25, -0.2) is 4.68 Å². The highest BCUT2D eigenvalue weighted by Crippen LogP contribution is 2.23. The number of likely N-dealkylation sites (tertiary alicyclic amines) is 1. The lowest BCUT2D eigenvalue weighted by molar-refractivity contribution is -0.138. The molecule has 1 N–H and O–H groups in total. The first kappa shape index (κ1) is 15.7. The highest BCUT2D eigenvalue weighted by atomic mass is 16.3. The smallest absolute Gasteiger partial charge is 0.227 e. The largest absolute Gasteiger partial charge is 0.386 e. The number of amides is 1. The Balaban J connectivity index is 1.64. The molecular weight excluding hydrogens is 292 g/mol. The van der Waals surface area contributed by atoms with E-state index in [2.05, 4.69) is 10.3 Å². The summed E-state index contributed by atoms with van der Waals surface area (Å²) in [5, 5.41) is 18.5. The molecule has 6 heteroatoms. The summed E-state index contributed by atoms with van der Waals surface area (Å²) >= 11 is 0. The van der Waals surface area contributed by atoms with Crippen LogP contribution in [0.4, 0.5) is 0 Å². The predicted octanol–water partition coefficient (Wildman–Crippen LogP) is 1.18. The molecule has 1 atom stereocenters. The molecule has 1 saturated heterocycles. The fourth-order valence-corrected chi connectivity index (χ4v) is 3.18. The minimum absolute atomic E-state index is 0.0623. The van der Waals surface area contributed by atoms with Gasteiger partial charge in [-0.15, -0.1) is 5.10 Å². The van der Waals surface area contributed by atoms with Gasteiger partial charge in [0.1, 0.15) is 5.60 Å². The van der Waals surface area contributed by atoms with Crippen molar-refractivity contribution in [1.82, 2.24) is 19.9 Å². The molecule has 0 aliphatic carbocycles. The van der Waals surface area contributed by atoms with Gasteiger partial charge in [0, 0.05) is 12.7 Å². The van der Waals surface area contributed by atoms with Crippen molar-refractivity contribution in [2.75, 3.05) is 13.1 Å². The molecule has 2 aromatic rings. The maximum Gasteiger partial charge on any atom is 0.227 e. The van der Waals surface area contributed by atoms with Crippen LogP contribution in [-0.4, -0.2) is 49.6 Å². The number of benzene rings is 1. The summed E-state index contributed by atoms with van der Waals surface area (Å²) in [5.41, 5.74) is 1.23. The van der Waals surface area contributed by atoms with Crippen molar-refractivity contribution in [2.24, 2.45) is 0 Å². The molecule has 1 aliphatic rings. The molecule has 1 aromatic heterocycles. The number of hydrogen-bond donors (Lipinski definition) is 1. The summed E-state index contributed by atoms with van der Waals surface area (Å²) in [6, 6.07) is 7.99. The van der Waals surface area contributed by atoms with Crippen LogP contribution < -0.4 is 0 Å². The Bertz CT molecular complexity index is 671. The van der Waals surface area contributed by atoms with E-state index < -0.39 is 5.60 Å². The molecular formula is C17H22N4O2. The number of nitrogens with zero attached hydrogens (tertiary/aromatic N) is 4. The first-order valence-electron chi connectivity index (χ1n) is 7.94. The molecule has 2 heterocycles. The summed E-state index contributed by atoms with van der Waals surface area (Å²) in [6.45, 7) is 3.43. The number of hydrogen-bond acceptors (Lipinski definition) is 4. The van der Waals surface area contributed by atoms with Crippen LogP contribution in [0.15, 0.2) is 36.7 Å². The summed E-state index contributed by atoms with van der Waals surface area (Å²) in [7, 11) is 0. The normalized spacial score (nSPS) is 21.4. The molecule has 0 bridgehead atoms. The van der Waals surface area contributed by atoms with Crippen molar-refractivity contribution in [1.29, 1.82) is 0 Å². The fourth-order valence-electron chi connectivity index (χ4n) is 3.18. The maximum atomic E-state index is 12.5. The van der Waals surface area contributed by atoms with Crippen molar-refractivity contribution in [3.05, 3.63) is 47.8 Å². The van der Waals surface area contributed by atoms with Gasteiger partial charge in [0.05, 0.1) is 25.7 Å². The topological polar surface area (TPSA) is 71.2 Å². The van der Waals surface area contributed by atoms with Crippen LogP contribution in [0.2, 0.25) is 0 Å². The Morgan fingerprint density at radius 2 is 2.30 bits per heavy atom. The highest BCUT2D eigenvalue weighted by molar-refractivity contribution is 5.79. The van der Waals surface area contributed by atoms with Crippen molar-refractivity contribution < 1.29 is 9.90 Å². The molecule has 23 heavy (non-hydrogen) atoms. The highest BCUT2D eigenvalue weighted by Gasteiger charge is 2.35. The third kappa shape index (κ3) is 3.96. The average molecular weight is 314 g/mol. The fraction of sp³-hybridized carbons (Fsp3) is 0.471. The molecule has 0 radical (unpaired) electrons. The second-order valence-corrected chi connectivity index (χ2v) is 6.41. The van der Waals surface area contributed by atoms with E-state index in [1.807, 2.05) is 31.2 Å². The first-order chi connectivity index (χ1) is 11.0. The van der Waals surface area contributed by atoms with Crippen molar-refractivity contribution in [2.45, 2.75) is 38.3 Å². The van der Waals surface area contributed by atoms with E-state index in [0.717, 1.165) is 17.5 Å². The lowest BCUT2D eigenvalue weighted by Crippen LogP contribution is -2.52. The van der Waals surface area contributed by atoms with Gasteiger partial charge in [-0.3, -0.25) is 4.79 Å². The van der Waals surface area contributed by atoms with Crippen LogP contribution in [-0.2, 0) is 17.8 Å². The maximum absolute atomic E-state index is 12.5. The van der Waals surface area contributed by atoms with Crippen LogP contribution in [0.1, 0.15) is 24.0 Å². The molecule has 1 fully saturated rings. The molecule has 3 rings (SSSR count). The minimum atomic E-state index is -0.936. The molecule has 122 valence electrons. The van der Waals surface area contributed by atoms with Gasteiger partial charge in [-0.05, 0) is 25.3 Å². The Morgan fingerprint density at radius 1 is 1.43 bits per heavy atom. The number of β-amino-alcohol motifs (C(OH)–C–C–N with tert-alkyl or cyclic N) is 1. The van der Waals surface area contributed by atoms with Gasteiger partial charge < -0.3 is 10.0 Å². The summed E-state index contributed by atoms with van der Waals surface area (Å²) < 4.78 is 1.62. The molecule has 0 saturated carbocycles. The van der Waals surface area contributed by atoms with E-state index >= 15 is 0 Å². The summed E-state index contributed by atoms with van der Waals surface area (Å²) in [4.78, 5) is 14.3. The van der Waals surface area contributed by atoms with E-state index in [9.17, 15) is 9.90 Å². The zero-order valence-corrected chi connectivity index (χ0v) is 13.4. The average Bonchev–Trinajstić information content (AvgIpc) is 2.99. The SMILES string of the molecule is Cc1cccc(CC(=O)N2CCCC(O)(Cn3ccnn3)C2)c1. The Hall–Kier alpha value is -2.21.